The van der Waals surface area contributed by atoms with Crippen LogP contribution in [0.25, 0.3) is 28.6 Å². The highest BCUT2D eigenvalue weighted by molar-refractivity contribution is 6.31. The van der Waals surface area contributed by atoms with Crippen LogP contribution in [-0.4, -0.2) is 10.1 Å². The average molecular weight is 476 g/mol. The Balaban J connectivity index is 0.00000306. The summed E-state index contributed by atoms with van der Waals surface area (Å²) in [6.45, 7) is 6.09. The molecule has 0 bridgehead atoms. The smallest absolute Gasteiger partial charge is 0.0793 e. The third-order valence-electron chi connectivity index (χ3n) is 5.58. The Labute approximate surface area is 206 Å². The van der Waals surface area contributed by atoms with Gasteiger partial charge < -0.3 is 5.11 Å². The molecule has 0 spiro atoms. The minimum absolute atomic E-state index is 0. The molecule has 0 aliphatic carbocycles. The van der Waals surface area contributed by atoms with Crippen LogP contribution in [0.4, 0.5) is 0 Å². The number of fused-ring (bicyclic) bond motifs is 1. The lowest BCUT2D eigenvalue weighted by molar-refractivity contribution is 0.168. The van der Waals surface area contributed by atoms with Crippen molar-refractivity contribution in [2.24, 2.45) is 0 Å². The van der Waals surface area contributed by atoms with Crippen molar-refractivity contribution in [2.75, 3.05) is 0 Å². The van der Waals surface area contributed by atoms with E-state index in [-0.39, 0.29) is 12.4 Å². The van der Waals surface area contributed by atoms with Crippen LogP contribution in [0.3, 0.4) is 0 Å². The molecular weight excluding hydrogens is 449 g/mol. The van der Waals surface area contributed by atoms with Crippen LogP contribution in [0.15, 0.2) is 85.4 Å². The topological polar surface area (TPSA) is 33.1 Å². The zero-order valence-electron chi connectivity index (χ0n) is 18.5. The third kappa shape index (κ3) is 6.33. The SMILES string of the molecule is C=C(C)c1ccccc1CC[C@H](O)c1cccc(/C=C/c2ccc3ccc(Cl)cc3n2)c1.Cl. The second kappa shape index (κ2) is 11.3. The molecule has 168 valence electrons. The molecule has 1 N–H and O–H groups in total. The standard InChI is InChI=1S/C29H26ClNO.ClH/c1-20(2)27-9-4-3-7-22(27)13-17-29(32)24-8-5-6-21(18-24)10-15-26-16-12-23-11-14-25(30)19-28(23)31-26;/h3-12,14-16,18-19,29,32H,1,13,17H2,2H3;1H/b15-10+;/t29-;/m0./s1. The highest BCUT2D eigenvalue weighted by atomic mass is 35.5. The van der Waals surface area contributed by atoms with Gasteiger partial charge in [0, 0.05) is 10.4 Å². The van der Waals surface area contributed by atoms with Gasteiger partial charge in [0.25, 0.3) is 0 Å². The molecule has 3 aromatic carbocycles. The fraction of sp³-hybridized carbons (Fsp3) is 0.138. The molecule has 1 heterocycles. The molecule has 1 aromatic heterocycles. The van der Waals surface area contributed by atoms with Crippen molar-refractivity contribution in [1.29, 1.82) is 0 Å². The van der Waals surface area contributed by atoms with Gasteiger partial charge in [-0.3, -0.25) is 0 Å². The second-order valence-corrected chi connectivity index (χ2v) is 8.50. The van der Waals surface area contributed by atoms with Gasteiger partial charge in [-0.1, -0.05) is 84.4 Å². The van der Waals surface area contributed by atoms with Gasteiger partial charge in [-0.05, 0) is 72.4 Å². The second-order valence-electron chi connectivity index (χ2n) is 8.07. The van der Waals surface area contributed by atoms with Crippen LogP contribution in [0, 0.1) is 0 Å². The van der Waals surface area contributed by atoms with Crippen LogP contribution in [-0.2, 0) is 6.42 Å². The van der Waals surface area contributed by atoms with E-state index in [1.807, 2.05) is 85.8 Å². The van der Waals surface area contributed by atoms with Crippen molar-refractivity contribution in [3.05, 3.63) is 118 Å². The molecule has 0 aliphatic rings. The number of benzene rings is 3. The van der Waals surface area contributed by atoms with Gasteiger partial charge in [0.2, 0.25) is 0 Å². The van der Waals surface area contributed by atoms with Crippen molar-refractivity contribution in [1.82, 2.24) is 4.98 Å². The van der Waals surface area contributed by atoms with Gasteiger partial charge in [0.1, 0.15) is 0 Å². The summed E-state index contributed by atoms with van der Waals surface area (Å²) < 4.78 is 0. The zero-order valence-corrected chi connectivity index (χ0v) is 20.1. The van der Waals surface area contributed by atoms with Crippen LogP contribution >= 0.6 is 24.0 Å². The normalized spacial score (nSPS) is 12.0. The summed E-state index contributed by atoms with van der Waals surface area (Å²) in [5.41, 5.74) is 7.11. The number of aliphatic hydroxyl groups excluding tert-OH is 1. The molecule has 0 saturated heterocycles. The molecule has 2 nitrogen and oxygen atoms in total. The van der Waals surface area contributed by atoms with E-state index in [1.54, 1.807) is 0 Å². The maximum absolute atomic E-state index is 10.8. The fourth-order valence-corrected chi connectivity index (χ4v) is 4.03. The minimum atomic E-state index is -0.525. The molecular formula is C29H27Cl2NO. The lowest BCUT2D eigenvalue weighted by atomic mass is 9.95. The maximum Gasteiger partial charge on any atom is 0.0793 e. The Morgan fingerprint density at radius 2 is 1.79 bits per heavy atom. The summed E-state index contributed by atoms with van der Waals surface area (Å²) in [7, 11) is 0. The Hall–Kier alpha value is -2.91. The molecule has 0 aliphatic heterocycles. The number of halogens is 2. The zero-order chi connectivity index (χ0) is 22.5. The first-order valence-corrected chi connectivity index (χ1v) is 11.1. The first kappa shape index (κ1) is 24.7. The summed E-state index contributed by atoms with van der Waals surface area (Å²) in [6.07, 6.45) is 4.93. The molecule has 4 aromatic rings. The Bertz CT molecular complexity index is 1300. The van der Waals surface area contributed by atoms with Crippen molar-refractivity contribution < 1.29 is 5.11 Å². The maximum atomic E-state index is 10.8. The lowest BCUT2D eigenvalue weighted by Crippen LogP contribution is -2.01. The molecule has 0 amide bonds. The van der Waals surface area contributed by atoms with Gasteiger partial charge in [-0.15, -0.1) is 12.4 Å². The molecule has 4 heteroatoms. The van der Waals surface area contributed by atoms with E-state index < -0.39 is 6.10 Å². The van der Waals surface area contributed by atoms with E-state index in [0.29, 0.717) is 11.4 Å². The number of nitrogens with zero attached hydrogens (tertiary/aromatic N) is 1. The van der Waals surface area contributed by atoms with E-state index in [4.69, 9.17) is 11.6 Å². The Morgan fingerprint density at radius 1 is 1.00 bits per heavy atom. The van der Waals surface area contributed by atoms with Crippen LogP contribution in [0.5, 0.6) is 0 Å². The largest absolute Gasteiger partial charge is 0.388 e. The van der Waals surface area contributed by atoms with Crippen LogP contribution in [0.2, 0.25) is 5.02 Å². The summed E-state index contributed by atoms with van der Waals surface area (Å²) in [4.78, 5) is 4.67. The Kier molecular flexibility index (Phi) is 8.46. The van der Waals surface area contributed by atoms with E-state index in [0.717, 1.165) is 39.7 Å². The highest BCUT2D eigenvalue weighted by Crippen LogP contribution is 2.25. The van der Waals surface area contributed by atoms with Crippen LogP contribution in [0.1, 0.15) is 47.4 Å². The molecule has 33 heavy (non-hydrogen) atoms. The van der Waals surface area contributed by atoms with E-state index >= 15 is 0 Å². The van der Waals surface area contributed by atoms with Crippen molar-refractivity contribution in [3.63, 3.8) is 0 Å². The first-order chi connectivity index (χ1) is 15.5. The number of aromatic nitrogens is 1. The van der Waals surface area contributed by atoms with Crippen LogP contribution < -0.4 is 0 Å². The summed E-state index contributed by atoms with van der Waals surface area (Å²) in [6, 6.07) is 26.0. The third-order valence-corrected chi connectivity index (χ3v) is 5.82. The van der Waals surface area contributed by atoms with Crippen molar-refractivity contribution >= 4 is 52.6 Å². The molecule has 1 atom stereocenters. The predicted molar refractivity (Wildman–Crippen MR) is 144 cm³/mol. The summed E-state index contributed by atoms with van der Waals surface area (Å²) in [5, 5.41) is 12.5. The molecule has 0 saturated carbocycles. The van der Waals surface area contributed by atoms with E-state index in [2.05, 4.69) is 23.7 Å². The number of aliphatic hydroxyl groups is 1. The van der Waals surface area contributed by atoms with Gasteiger partial charge in [-0.2, -0.15) is 0 Å². The fourth-order valence-electron chi connectivity index (χ4n) is 3.86. The first-order valence-electron chi connectivity index (χ1n) is 10.8. The van der Waals surface area contributed by atoms with Crippen molar-refractivity contribution in [3.8, 4) is 0 Å². The lowest BCUT2D eigenvalue weighted by Gasteiger charge is -2.14. The highest BCUT2D eigenvalue weighted by Gasteiger charge is 2.10. The number of pyridine rings is 1. The number of hydrogen-bond donors (Lipinski definition) is 1. The van der Waals surface area contributed by atoms with Gasteiger partial charge >= 0.3 is 0 Å². The Morgan fingerprint density at radius 3 is 2.61 bits per heavy atom. The molecule has 0 unspecified atom stereocenters. The van der Waals surface area contributed by atoms with E-state index in [1.165, 1.54) is 11.1 Å². The molecule has 0 fully saturated rings. The van der Waals surface area contributed by atoms with Crippen molar-refractivity contribution in [2.45, 2.75) is 25.9 Å². The number of rotatable bonds is 7. The molecule has 0 radical (unpaired) electrons. The number of allylic oxidation sites excluding steroid dienone is 1. The quantitative estimate of drug-likeness (QED) is 0.292. The number of aryl methyl sites for hydroxylation is 1. The number of hydrogen-bond acceptors (Lipinski definition) is 2. The summed E-state index contributed by atoms with van der Waals surface area (Å²) >= 11 is 6.09. The minimum Gasteiger partial charge on any atom is -0.388 e. The van der Waals surface area contributed by atoms with Gasteiger partial charge in [-0.25, -0.2) is 4.98 Å². The summed E-state index contributed by atoms with van der Waals surface area (Å²) in [5.74, 6) is 0. The van der Waals surface area contributed by atoms with E-state index in [9.17, 15) is 5.11 Å². The van der Waals surface area contributed by atoms with Gasteiger partial charge in [0.05, 0.1) is 17.3 Å². The van der Waals surface area contributed by atoms with Gasteiger partial charge in [0.15, 0.2) is 0 Å². The predicted octanol–water partition coefficient (Wildman–Crippen LogP) is 8.18. The monoisotopic (exact) mass is 475 g/mol. The average Bonchev–Trinajstić information content (AvgIpc) is 2.81. The molecule has 4 rings (SSSR count).